The molecule has 1 N–H and O–H groups in total. The van der Waals surface area contributed by atoms with E-state index >= 15 is 0 Å². The van der Waals surface area contributed by atoms with Crippen LogP contribution in [0.5, 0.6) is 0 Å². The number of carbonyl (C=O) groups excluding carboxylic acids is 2. The lowest BCUT2D eigenvalue weighted by molar-refractivity contribution is -0.124. The molecule has 1 amide bonds. The first-order valence-corrected chi connectivity index (χ1v) is 7.86. The van der Waals surface area contributed by atoms with Crippen LogP contribution in [0.2, 0.25) is 0 Å². The summed E-state index contributed by atoms with van der Waals surface area (Å²) in [5, 5.41) is 2.58. The van der Waals surface area contributed by atoms with Crippen LogP contribution in [0.15, 0.2) is 29.2 Å². The van der Waals surface area contributed by atoms with E-state index in [-0.39, 0.29) is 29.0 Å². The van der Waals surface area contributed by atoms with Crippen molar-refractivity contribution >= 4 is 21.7 Å². The van der Waals surface area contributed by atoms with Crippen molar-refractivity contribution in [2.45, 2.75) is 24.8 Å². The summed E-state index contributed by atoms with van der Waals surface area (Å²) in [5.74, 6) is -1.06. The van der Waals surface area contributed by atoms with Crippen molar-refractivity contribution in [3.63, 3.8) is 0 Å². The van der Waals surface area contributed by atoms with Gasteiger partial charge in [0, 0.05) is 12.3 Å². The van der Waals surface area contributed by atoms with Gasteiger partial charge in [-0.1, -0.05) is 0 Å². The molecule has 0 aliphatic rings. The maximum absolute atomic E-state index is 11.6. The highest BCUT2D eigenvalue weighted by Gasteiger charge is 2.12. The number of esters is 1. The maximum atomic E-state index is 11.6. The van der Waals surface area contributed by atoms with Crippen LogP contribution in [0.3, 0.4) is 0 Å². The third-order valence-corrected chi connectivity index (χ3v) is 3.43. The second-order valence-electron chi connectivity index (χ2n) is 4.59. The monoisotopic (exact) mass is 299 g/mol. The molecule has 1 aromatic rings. The molecule has 0 bridgehead atoms. The molecule has 0 unspecified atom stereocenters. The SMILES string of the molecule is CC(C)NC(=O)COC(=O)c1ccc(S(C)(=O)=O)cc1. The Labute approximate surface area is 118 Å². The van der Waals surface area contributed by atoms with Gasteiger partial charge in [0.05, 0.1) is 10.5 Å². The highest BCUT2D eigenvalue weighted by Crippen LogP contribution is 2.11. The Balaban J connectivity index is 2.63. The highest BCUT2D eigenvalue weighted by molar-refractivity contribution is 7.90. The Bertz CT molecular complexity index is 590. The van der Waals surface area contributed by atoms with Crippen molar-refractivity contribution in [2.24, 2.45) is 0 Å². The van der Waals surface area contributed by atoms with E-state index < -0.39 is 15.8 Å². The first-order chi connectivity index (χ1) is 9.20. The Kier molecular flexibility index (Phi) is 5.26. The van der Waals surface area contributed by atoms with Gasteiger partial charge in [-0.05, 0) is 38.1 Å². The highest BCUT2D eigenvalue weighted by atomic mass is 32.2. The second-order valence-corrected chi connectivity index (χ2v) is 6.61. The van der Waals surface area contributed by atoms with Gasteiger partial charge < -0.3 is 10.1 Å². The van der Waals surface area contributed by atoms with Crippen molar-refractivity contribution in [3.05, 3.63) is 29.8 Å². The van der Waals surface area contributed by atoms with E-state index in [1.54, 1.807) is 13.8 Å². The Morgan fingerprint density at radius 3 is 2.20 bits per heavy atom. The van der Waals surface area contributed by atoms with Gasteiger partial charge >= 0.3 is 5.97 Å². The topological polar surface area (TPSA) is 89.5 Å². The van der Waals surface area contributed by atoms with Crippen molar-refractivity contribution in [3.8, 4) is 0 Å². The van der Waals surface area contributed by atoms with E-state index in [1.165, 1.54) is 24.3 Å². The quantitative estimate of drug-likeness (QED) is 0.811. The van der Waals surface area contributed by atoms with Crippen LogP contribution < -0.4 is 5.32 Å². The minimum absolute atomic E-state index is 0.0322. The summed E-state index contributed by atoms with van der Waals surface area (Å²) in [7, 11) is -3.30. The fourth-order valence-corrected chi connectivity index (χ4v) is 2.05. The van der Waals surface area contributed by atoms with Gasteiger partial charge in [0.25, 0.3) is 5.91 Å². The summed E-state index contributed by atoms with van der Waals surface area (Å²) >= 11 is 0. The second kappa shape index (κ2) is 6.51. The molecule has 0 saturated carbocycles. The molecule has 1 aromatic carbocycles. The smallest absolute Gasteiger partial charge is 0.338 e. The van der Waals surface area contributed by atoms with Crippen LogP contribution in [0.4, 0.5) is 0 Å². The fourth-order valence-electron chi connectivity index (χ4n) is 1.42. The lowest BCUT2D eigenvalue weighted by Gasteiger charge is -2.09. The summed E-state index contributed by atoms with van der Waals surface area (Å²) in [6, 6.07) is 5.30. The predicted molar refractivity (Wildman–Crippen MR) is 73.1 cm³/mol. The van der Waals surface area contributed by atoms with Gasteiger partial charge in [-0.25, -0.2) is 13.2 Å². The normalized spacial score (nSPS) is 11.2. The zero-order valence-electron chi connectivity index (χ0n) is 11.5. The number of nitrogens with one attached hydrogen (secondary N) is 1. The fraction of sp³-hybridized carbons (Fsp3) is 0.385. The number of benzene rings is 1. The van der Waals surface area contributed by atoms with Crippen LogP contribution in [0.25, 0.3) is 0 Å². The van der Waals surface area contributed by atoms with Gasteiger partial charge in [-0.15, -0.1) is 0 Å². The number of hydrogen-bond donors (Lipinski definition) is 1. The Morgan fingerprint density at radius 1 is 1.20 bits per heavy atom. The van der Waals surface area contributed by atoms with Gasteiger partial charge in [-0.3, -0.25) is 4.79 Å². The molecule has 1 rings (SSSR count). The molecule has 0 heterocycles. The molecule has 0 aromatic heterocycles. The molecule has 0 saturated heterocycles. The third kappa shape index (κ3) is 5.00. The molecular weight excluding hydrogens is 282 g/mol. The van der Waals surface area contributed by atoms with Crippen LogP contribution in [-0.2, 0) is 19.4 Å². The molecule has 0 atom stereocenters. The minimum Gasteiger partial charge on any atom is -0.452 e. The summed E-state index contributed by atoms with van der Waals surface area (Å²) in [4.78, 5) is 23.1. The van der Waals surface area contributed by atoms with Crippen LogP contribution >= 0.6 is 0 Å². The van der Waals surface area contributed by atoms with E-state index in [9.17, 15) is 18.0 Å². The average Bonchev–Trinajstić information content (AvgIpc) is 2.34. The summed E-state index contributed by atoms with van der Waals surface area (Å²) < 4.78 is 27.3. The number of rotatable bonds is 5. The molecule has 6 nitrogen and oxygen atoms in total. The lowest BCUT2D eigenvalue weighted by Crippen LogP contribution is -2.33. The first kappa shape index (κ1) is 16.2. The van der Waals surface area contributed by atoms with Crippen LogP contribution in [-0.4, -0.2) is 39.2 Å². The van der Waals surface area contributed by atoms with Crippen molar-refractivity contribution in [1.29, 1.82) is 0 Å². The molecule has 110 valence electrons. The Morgan fingerprint density at radius 2 is 1.75 bits per heavy atom. The summed E-state index contributed by atoms with van der Waals surface area (Å²) in [6.45, 7) is 3.22. The first-order valence-electron chi connectivity index (χ1n) is 5.97. The standard InChI is InChI=1S/C13H17NO5S/c1-9(2)14-12(15)8-19-13(16)10-4-6-11(7-5-10)20(3,17)18/h4-7,9H,8H2,1-3H3,(H,14,15). The molecular formula is C13H17NO5S. The molecule has 0 fully saturated rings. The van der Waals surface area contributed by atoms with Crippen molar-refractivity contribution < 1.29 is 22.7 Å². The lowest BCUT2D eigenvalue weighted by atomic mass is 10.2. The number of carbonyl (C=O) groups is 2. The van der Waals surface area contributed by atoms with Gasteiger partial charge in [-0.2, -0.15) is 0 Å². The number of ether oxygens (including phenoxy) is 1. The van der Waals surface area contributed by atoms with Gasteiger partial charge in [0.15, 0.2) is 16.4 Å². The van der Waals surface area contributed by atoms with Gasteiger partial charge in [0.1, 0.15) is 0 Å². The minimum atomic E-state index is -3.30. The van der Waals surface area contributed by atoms with Crippen LogP contribution in [0, 0.1) is 0 Å². The molecule has 0 aliphatic carbocycles. The zero-order valence-corrected chi connectivity index (χ0v) is 12.4. The van der Waals surface area contributed by atoms with Crippen molar-refractivity contribution in [1.82, 2.24) is 5.32 Å². The zero-order chi connectivity index (χ0) is 15.3. The molecule has 0 spiro atoms. The van der Waals surface area contributed by atoms with Gasteiger partial charge in [0.2, 0.25) is 0 Å². The summed E-state index contributed by atoms with van der Waals surface area (Å²) in [6.07, 6.45) is 1.08. The predicted octanol–water partition coefficient (Wildman–Crippen LogP) is 0.771. The number of hydrogen-bond acceptors (Lipinski definition) is 5. The molecule has 7 heteroatoms. The number of amides is 1. The molecule has 20 heavy (non-hydrogen) atoms. The van der Waals surface area contributed by atoms with Crippen LogP contribution in [0.1, 0.15) is 24.2 Å². The molecule has 0 aliphatic heterocycles. The maximum Gasteiger partial charge on any atom is 0.338 e. The number of sulfone groups is 1. The third-order valence-electron chi connectivity index (χ3n) is 2.30. The van der Waals surface area contributed by atoms with E-state index in [0.717, 1.165) is 6.26 Å². The van der Waals surface area contributed by atoms with E-state index in [4.69, 9.17) is 4.74 Å². The van der Waals surface area contributed by atoms with E-state index in [1.807, 2.05) is 0 Å². The average molecular weight is 299 g/mol. The van der Waals surface area contributed by atoms with Crippen molar-refractivity contribution in [2.75, 3.05) is 12.9 Å². The molecule has 0 radical (unpaired) electrons. The van der Waals surface area contributed by atoms with E-state index in [0.29, 0.717) is 0 Å². The van der Waals surface area contributed by atoms with E-state index in [2.05, 4.69) is 5.32 Å². The summed E-state index contributed by atoms with van der Waals surface area (Å²) in [5.41, 5.74) is 0.190. The Hall–Kier alpha value is -1.89. The largest absolute Gasteiger partial charge is 0.452 e.